The van der Waals surface area contributed by atoms with Crippen LogP contribution in [0.4, 0.5) is 0 Å². The van der Waals surface area contributed by atoms with E-state index in [0.29, 0.717) is 18.7 Å². The maximum atomic E-state index is 12.2. The molecule has 1 aromatic carbocycles. The monoisotopic (exact) mass is 358 g/mol. The maximum absolute atomic E-state index is 12.2. The highest BCUT2D eigenvalue weighted by Gasteiger charge is 2.18. The smallest absolute Gasteiger partial charge is 0.303 e. The Morgan fingerprint density at radius 3 is 2.42 bits per heavy atom. The van der Waals surface area contributed by atoms with E-state index in [1.165, 1.54) is 10.7 Å². The van der Waals surface area contributed by atoms with Crippen molar-refractivity contribution in [2.75, 3.05) is 6.54 Å². The number of hydrogen-bond donors (Lipinski definition) is 3. The predicted molar refractivity (Wildman–Crippen MR) is 95.1 cm³/mol. The van der Waals surface area contributed by atoms with Crippen LogP contribution in [0.15, 0.2) is 36.4 Å². The van der Waals surface area contributed by atoms with Gasteiger partial charge in [-0.2, -0.15) is 5.10 Å². The van der Waals surface area contributed by atoms with E-state index in [2.05, 4.69) is 10.4 Å². The van der Waals surface area contributed by atoms with Gasteiger partial charge in [0, 0.05) is 19.0 Å². The predicted octanol–water partition coefficient (Wildman–Crippen LogP) is 1.74. The first kappa shape index (κ1) is 19.2. The Morgan fingerprint density at radius 2 is 1.77 bits per heavy atom. The fraction of sp³-hybridized carbons (Fsp3) is 0.333. The number of carbonyl (C=O) groups excluding carboxylic acids is 2. The number of para-hydroxylation sites is 1. The fourth-order valence-electron chi connectivity index (χ4n) is 2.48. The second-order valence-corrected chi connectivity index (χ2v) is 5.84. The molecule has 0 radical (unpaired) electrons. The number of hydrogen-bond acceptors (Lipinski definition) is 4. The lowest BCUT2D eigenvalue weighted by atomic mass is 10.1. The number of carboxylic acid groups (broad SMARTS) is 1. The second kappa shape index (κ2) is 9.36. The summed E-state index contributed by atoms with van der Waals surface area (Å²) in [4.78, 5) is 34.3. The average Bonchev–Trinajstić information content (AvgIpc) is 3.07. The van der Waals surface area contributed by atoms with Gasteiger partial charge in [-0.15, -0.1) is 0 Å². The molecule has 8 nitrogen and oxygen atoms in total. The van der Waals surface area contributed by atoms with Gasteiger partial charge in [0.1, 0.15) is 5.69 Å². The minimum absolute atomic E-state index is 0.119. The van der Waals surface area contributed by atoms with Gasteiger partial charge in [-0.1, -0.05) is 31.0 Å². The van der Waals surface area contributed by atoms with Gasteiger partial charge in [0.25, 0.3) is 11.8 Å². The van der Waals surface area contributed by atoms with Gasteiger partial charge < -0.3 is 16.2 Å². The molecule has 2 amide bonds. The van der Waals surface area contributed by atoms with Crippen molar-refractivity contribution in [3.63, 3.8) is 0 Å². The summed E-state index contributed by atoms with van der Waals surface area (Å²) in [5.74, 6) is -1.84. The van der Waals surface area contributed by atoms with E-state index in [4.69, 9.17) is 10.8 Å². The molecule has 0 aliphatic heterocycles. The number of amides is 2. The molecule has 0 fully saturated rings. The van der Waals surface area contributed by atoms with Crippen molar-refractivity contribution < 1.29 is 19.5 Å². The van der Waals surface area contributed by atoms with Gasteiger partial charge in [0.05, 0.1) is 5.69 Å². The molecule has 2 rings (SSSR count). The summed E-state index contributed by atoms with van der Waals surface area (Å²) in [6.07, 6.45) is 3.18. The van der Waals surface area contributed by atoms with Crippen LogP contribution in [0.3, 0.4) is 0 Å². The molecule has 8 heteroatoms. The molecule has 0 saturated carbocycles. The lowest BCUT2D eigenvalue weighted by Crippen LogP contribution is -2.25. The Labute approximate surface area is 151 Å². The molecule has 1 aromatic heterocycles. The number of nitrogens with one attached hydrogen (secondary N) is 1. The minimum Gasteiger partial charge on any atom is -0.481 e. The van der Waals surface area contributed by atoms with Crippen LogP contribution in [0, 0.1) is 0 Å². The van der Waals surface area contributed by atoms with E-state index < -0.39 is 11.9 Å². The lowest BCUT2D eigenvalue weighted by molar-refractivity contribution is -0.137. The van der Waals surface area contributed by atoms with Gasteiger partial charge in [0.2, 0.25) is 0 Å². The summed E-state index contributed by atoms with van der Waals surface area (Å²) in [5, 5.41) is 15.5. The van der Waals surface area contributed by atoms with Crippen LogP contribution in [0.25, 0.3) is 5.69 Å². The van der Waals surface area contributed by atoms with Crippen molar-refractivity contribution in [2.24, 2.45) is 5.73 Å². The van der Waals surface area contributed by atoms with Crippen molar-refractivity contribution in [3.8, 4) is 5.69 Å². The van der Waals surface area contributed by atoms with Gasteiger partial charge in [-0.25, -0.2) is 4.68 Å². The molecule has 1 heterocycles. The normalized spacial score (nSPS) is 10.5. The summed E-state index contributed by atoms with van der Waals surface area (Å²) < 4.78 is 1.35. The first-order valence-electron chi connectivity index (χ1n) is 8.44. The standard InChI is InChI=1S/C18H22N4O4/c19-17(25)15-12-14(21-22(15)13-8-4-3-5-9-13)18(26)20-11-7-2-1-6-10-16(23)24/h3-5,8-9,12H,1-2,6-7,10-11H2,(H2,19,25)(H,20,26)(H,23,24). The summed E-state index contributed by atoms with van der Waals surface area (Å²) in [6, 6.07) is 10.3. The van der Waals surface area contributed by atoms with E-state index >= 15 is 0 Å². The molecule has 0 spiro atoms. The van der Waals surface area contributed by atoms with E-state index in [1.807, 2.05) is 6.07 Å². The van der Waals surface area contributed by atoms with E-state index in [9.17, 15) is 14.4 Å². The number of nitrogens with zero attached hydrogens (tertiary/aromatic N) is 2. The maximum Gasteiger partial charge on any atom is 0.303 e. The van der Waals surface area contributed by atoms with Crippen molar-refractivity contribution in [1.29, 1.82) is 0 Å². The van der Waals surface area contributed by atoms with Gasteiger partial charge in [0.15, 0.2) is 5.69 Å². The van der Waals surface area contributed by atoms with Crippen LogP contribution in [-0.4, -0.2) is 39.2 Å². The number of nitrogens with two attached hydrogens (primary N) is 1. The number of aliphatic carboxylic acids is 1. The molecule has 0 unspecified atom stereocenters. The third kappa shape index (κ3) is 5.44. The number of unbranched alkanes of at least 4 members (excludes halogenated alkanes) is 3. The summed E-state index contributed by atoms with van der Waals surface area (Å²) in [5.41, 5.74) is 6.27. The average molecular weight is 358 g/mol. The molecule has 0 aliphatic carbocycles. The van der Waals surface area contributed by atoms with Crippen LogP contribution in [0.5, 0.6) is 0 Å². The molecular weight excluding hydrogens is 336 g/mol. The third-order valence-electron chi connectivity index (χ3n) is 3.80. The van der Waals surface area contributed by atoms with Crippen LogP contribution >= 0.6 is 0 Å². The molecule has 0 aliphatic rings. The Morgan fingerprint density at radius 1 is 1.08 bits per heavy atom. The van der Waals surface area contributed by atoms with Crippen molar-refractivity contribution in [3.05, 3.63) is 47.8 Å². The highest BCUT2D eigenvalue weighted by atomic mass is 16.4. The number of rotatable bonds is 10. The molecule has 4 N–H and O–H groups in total. The molecule has 138 valence electrons. The molecule has 0 saturated heterocycles. The lowest BCUT2D eigenvalue weighted by Gasteiger charge is -2.04. The quantitative estimate of drug-likeness (QED) is 0.557. The highest BCUT2D eigenvalue weighted by Crippen LogP contribution is 2.12. The van der Waals surface area contributed by atoms with Crippen LogP contribution < -0.4 is 11.1 Å². The Balaban J connectivity index is 1.91. The molecular formula is C18H22N4O4. The zero-order chi connectivity index (χ0) is 18.9. The molecule has 26 heavy (non-hydrogen) atoms. The summed E-state index contributed by atoms with van der Waals surface area (Å²) in [6.45, 7) is 0.454. The van der Waals surface area contributed by atoms with Crippen LogP contribution in [0.2, 0.25) is 0 Å². The van der Waals surface area contributed by atoms with Crippen LogP contribution in [0.1, 0.15) is 53.1 Å². The topological polar surface area (TPSA) is 127 Å². The zero-order valence-electron chi connectivity index (χ0n) is 14.4. The number of benzene rings is 1. The van der Waals surface area contributed by atoms with E-state index in [-0.39, 0.29) is 23.7 Å². The number of carbonyl (C=O) groups is 3. The van der Waals surface area contributed by atoms with Gasteiger partial charge >= 0.3 is 5.97 Å². The first-order chi connectivity index (χ1) is 12.5. The molecule has 0 bridgehead atoms. The summed E-state index contributed by atoms with van der Waals surface area (Å²) in [7, 11) is 0. The van der Waals surface area contributed by atoms with Gasteiger partial charge in [-0.05, 0) is 25.0 Å². The Bertz CT molecular complexity index is 771. The SMILES string of the molecule is NC(=O)c1cc(C(=O)NCCCCCCC(=O)O)nn1-c1ccccc1. The molecule has 2 aromatic rings. The molecule has 0 atom stereocenters. The first-order valence-corrected chi connectivity index (χ1v) is 8.44. The number of carboxylic acids is 1. The van der Waals surface area contributed by atoms with Crippen molar-refractivity contribution >= 4 is 17.8 Å². The van der Waals surface area contributed by atoms with Crippen LogP contribution in [-0.2, 0) is 4.79 Å². The largest absolute Gasteiger partial charge is 0.481 e. The summed E-state index contributed by atoms with van der Waals surface area (Å²) >= 11 is 0. The Hall–Kier alpha value is -3.16. The number of aromatic nitrogens is 2. The van der Waals surface area contributed by atoms with Crippen molar-refractivity contribution in [2.45, 2.75) is 32.1 Å². The Kier molecular flexibility index (Phi) is 6.90. The minimum atomic E-state index is -0.794. The van der Waals surface area contributed by atoms with E-state index in [0.717, 1.165) is 19.3 Å². The second-order valence-electron chi connectivity index (χ2n) is 5.84. The van der Waals surface area contributed by atoms with Gasteiger partial charge in [-0.3, -0.25) is 14.4 Å². The van der Waals surface area contributed by atoms with Crippen molar-refractivity contribution in [1.82, 2.24) is 15.1 Å². The van der Waals surface area contributed by atoms with E-state index in [1.54, 1.807) is 24.3 Å². The zero-order valence-corrected chi connectivity index (χ0v) is 14.4. The fourth-order valence-corrected chi connectivity index (χ4v) is 2.48. The highest BCUT2D eigenvalue weighted by molar-refractivity contribution is 5.97. The third-order valence-corrected chi connectivity index (χ3v) is 3.80. The number of primary amides is 1.